The van der Waals surface area contributed by atoms with Gasteiger partial charge in [0.05, 0.1) is 12.0 Å². The predicted molar refractivity (Wildman–Crippen MR) is 106 cm³/mol. The lowest BCUT2D eigenvalue weighted by atomic mass is 10.00. The number of nitro benzene ring substituents is 1. The standard InChI is InChI=1S/C20H29FN4O3/c1-14-18-13-24(19(14)12-23(18)10-7-21)15-5-8-22(9-6-15)16-3-4-17(25(26)27)20(11-16)28-2/h3-4,11,14-15,18-19H,5-10,12-13H2,1-2H3/t14?,18-,19+/m1/s1. The van der Waals surface area contributed by atoms with Crippen LogP contribution in [0.15, 0.2) is 18.2 Å². The first kappa shape index (κ1) is 19.4. The molecule has 3 aliphatic heterocycles. The van der Waals surface area contributed by atoms with Crippen molar-refractivity contribution in [2.75, 3.05) is 51.4 Å². The van der Waals surface area contributed by atoms with E-state index in [-0.39, 0.29) is 12.4 Å². The number of hydrogen-bond acceptors (Lipinski definition) is 6. The van der Waals surface area contributed by atoms with Crippen molar-refractivity contribution in [3.8, 4) is 5.75 Å². The third-order valence-corrected chi connectivity index (χ3v) is 6.96. The van der Waals surface area contributed by atoms with Crippen LogP contribution in [0.4, 0.5) is 15.8 Å². The smallest absolute Gasteiger partial charge is 0.311 e. The predicted octanol–water partition coefficient (Wildman–Crippen LogP) is 2.55. The molecule has 0 aromatic heterocycles. The highest BCUT2D eigenvalue weighted by atomic mass is 19.1. The molecule has 3 aliphatic rings. The molecular formula is C20H29FN4O3. The Morgan fingerprint density at radius 2 is 2.00 bits per heavy atom. The number of alkyl halides is 1. The molecule has 3 atom stereocenters. The largest absolute Gasteiger partial charge is 0.490 e. The van der Waals surface area contributed by atoms with E-state index >= 15 is 0 Å². The Morgan fingerprint density at radius 3 is 2.57 bits per heavy atom. The number of piperazine rings is 1. The van der Waals surface area contributed by atoms with Crippen LogP contribution >= 0.6 is 0 Å². The minimum absolute atomic E-state index is 0.000971. The Kier molecular flexibility index (Phi) is 5.42. The quantitative estimate of drug-likeness (QED) is 0.548. The van der Waals surface area contributed by atoms with E-state index in [2.05, 4.69) is 21.6 Å². The van der Waals surface area contributed by atoms with Gasteiger partial charge in [-0.25, -0.2) is 4.39 Å². The summed E-state index contributed by atoms with van der Waals surface area (Å²) in [6.07, 6.45) is 2.16. The summed E-state index contributed by atoms with van der Waals surface area (Å²) in [6.45, 7) is 6.54. The van der Waals surface area contributed by atoms with Crippen molar-refractivity contribution in [2.24, 2.45) is 5.92 Å². The highest BCUT2D eigenvalue weighted by molar-refractivity contribution is 5.59. The van der Waals surface area contributed by atoms with Gasteiger partial charge in [-0.3, -0.25) is 19.9 Å². The Balaban J connectivity index is 1.38. The molecule has 154 valence electrons. The number of benzene rings is 1. The maximum atomic E-state index is 12.8. The molecule has 2 bridgehead atoms. The van der Waals surface area contributed by atoms with E-state index in [1.165, 1.54) is 13.2 Å². The molecule has 1 unspecified atom stereocenters. The van der Waals surface area contributed by atoms with Crippen LogP contribution in [0, 0.1) is 16.0 Å². The molecule has 0 spiro atoms. The van der Waals surface area contributed by atoms with Crippen LogP contribution in [-0.2, 0) is 0 Å². The van der Waals surface area contributed by atoms with Gasteiger partial charge in [0.1, 0.15) is 6.67 Å². The molecule has 7 nitrogen and oxygen atoms in total. The molecule has 0 saturated carbocycles. The lowest BCUT2D eigenvalue weighted by molar-refractivity contribution is -0.385. The van der Waals surface area contributed by atoms with Gasteiger partial charge in [-0.05, 0) is 24.8 Å². The number of hydrogen-bond donors (Lipinski definition) is 0. The van der Waals surface area contributed by atoms with Crippen LogP contribution in [0.1, 0.15) is 19.8 Å². The molecule has 3 fully saturated rings. The number of halogens is 1. The summed E-state index contributed by atoms with van der Waals surface area (Å²) in [4.78, 5) is 18.0. The Hall–Kier alpha value is -1.93. The number of likely N-dealkylation sites (tertiary alicyclic amines) is 2. The van der Waals surface area contributed by atoms with Crippen molar-refractivity contribution < 1.29 is 14.1 Å². The molecule has 0 radical (unpaired) electrons. The molecule has 0 N–H and O–H groups in total. The second-order valence-electron chi connectivity index (χ2n) is 8.21. The fourth-order valence-corrected chi connectivity index (χ4v) is 5.43. The van der Waals surface area contributed by atoms with Gasteiger partial charge in [-0.15, -0.1) is 0 Å². The number of nitro groups is 1. The normalized spacial score (nSPS) is 28.8. The summed E-state index contributed by atoms with van der Waals surface area (Å²) >= 11 is 0. The zero-order valence-corrected chi connectivity index (χ0v) is 16.6. The zero-order chi connectivity index (χ0) is 19.8. The Bertz CT molecular complexity index is 725. The average molecular weight is 392 g/mol. The van der Waals surface area contributed by atoms with Crippen molar-refractivity contribution in [3.63, 3.8) is 0 Å². The molecular weight excluding hydrogens is 363 g/mol. The third kappa shape index (κ3) is 3.33. The fraction of sp³-hybridized carbons (Fsp3) is 0.700. The molecule has 1 aromatic rings. The van der Waals surface area contributed by atoms with Gasteiger partial charge in [0.25, 0.3) is 0 Å². The van der Waals surface area contributed by atoms with Crippen molar-refractivity contribution in [2.45, 2.75) is 37.9 Å². The Morgan fingerprint density at radius 1 is 1.25 bits per heavy atom. The van der Waals surface area contributed by atoms with Crippen LogP contribution in [0.2, 0.25) is 0 Å². The number of ether oxygens (including phenoxy) is 1. The van der Waals surface area contributed by atoms with Gasteiger partial charge in [0, 0.05) is 68.7 Å². The van der Waals surface area contributed by atoms with Gasteiger partial charge in [-0.1, -0.05) is 6.92 Å². The molecule has 8 heteroatoms. The minimum atomic E-state index is -0.412. The van der Waals surface area contributed by atoms with E-state index in [1.54, 1.807) is 6.07 Å². The molecule has 28 heavy (non-hydrogen) atoms. The maximum absolute atomic E-state index is 12.8. The number of anilines is 1. The molecule has 0 amide bonds. The van der Waals surface area contributed by atoms with E-state index < -0.39 is 4.92 Å². The van der Waals surface area contributed by atoms with Crippen molar-refractivity contribution in [3.05, 3.63) is 28.3 Å². The fourth-order valence-electron chi connectivity index (χ4n) is 5.43. The molecule has 3 saturated heterocycles. The average Bonchev–Trinajstić information content (AvgIpc) is 3.19. The highest BCUT2D eigenvalue weighted by Gasteiger charge is 2.50. The van der Waals surface area contributed by atoms with Crippen molar-refractivity contribution in [1.29, 1.82) is 0 Å². The van der Waals surface area contributed by atoms with Crippen LogP contribution < -0.4 is 9.64 Å². The van der Waals surface area contributed by atoms with E-state index in [9.17, 15) is 14.5 Å². The number of piperidine rings is 1. The lowest BCUT2D eigenvalue weighted by Gasteiger charge is -2.43. The zero-order valence-electron chi connectivity index (χ0n) is 16.6. The first-order valence-electron chi connectivity index (χ1n) is 10.2. The maximum Gasteiger partial charge on any atom is 0.311 e. The van der Waals surface area contributed by atoms with Crippen LogP contribution in [0.5, 0.6) is 5.75 Å². The van der Waals surface area contributed by atoms with Crippen LogP contribution in [0.25, 0.3) is 0 Å². The third-order valence-electron chi connectivity index (χ3n) is 6.96. The van der Waals surface area contributed by atoms with Gasteiger partial charge in [0.15, 0.2) is 5.75 Å². The van der Waals surface area contributed by atoms with Gasteiger partial charge in [-0.2, -0.15) is 0 Å². The summed E-state index contributed by atoms with van der Waals surface area (Å²) in [6, 6.07) is 6.73. The van der Waals surface area contributed by atoms with E-state index in [0.717, 1.165) is 44.7 Å². The van der Waals surface area contributed by atoms with Gasteiger partial charge in [0.2, 0.25) is 0 Å². The molecule has 0 aliphatic carbocycles. The van der Waals surface area contributed by atoms with Crippen molar-refractivity contribution in [1.82, 2.24) is 9.80 Å². The minimum Gasteiger partial charge on any atom is -0.490 e. The van der Waals surface area contributed by atoms with Crippen LogP contribution in [0.3, 0.4) is 0 Å². The van der Waals surface area contributed by atoms with Gasteiger partial charge < -0.3 is 9.64 Å². The van der Waals surface area contributed by atoms with E-state index in [4.69, 9.17) is 4.74 Å². The van der Waals surface area contributed by atoms with Crippen LogP contribution in [-0.4, -0.2) is 79.4 Å². The number of nitrogens with zero attached hydrogens (tertiary/aromatic N) is 4. The van der Waals surface area contributed by atoms with Gasteiger partial charge >= 0.3 is 5.69 Å². The summed E-state index contributed by atoms with van der Waals surface area (Å²) in [5, 5.41) is 11.1. The highest BCUT2D eigenvalue weighted by Crippen LogP contribution is 2.39. The topological polar surface area (TPSA) is 62.1 Å². The summed E-state index contributed by atoms with van der Waals surface area (Å²) < 4.78 is 18.0. The Labute approximate surface area is 165 Å². The van der Waals surface area contributed by atoms with E-state index in [0.29, 0.717) is 36.3 Å². The first-order chi connectivity index (χ1) is 13.5. The molecule has 3 heterocycles. The monoisotopic (exact) mass is 392 g/mol. The van der Waals surface area contributed by atoms with Crippen molar-refractivity contribution >= 4 is 11.4 Å². The number of fused-ring (bicyclic) bond motifs is 2. The summed E-state index contributed by atoms with van der Waals surface area (Å²) in [5.41, 5.74) is 0.979. The number of rotatable bonds is 6. The second kappa shape index (κ2) is 7.83. The SMILES string of the molecule is COc1cc(N2CCC(N3C[C@@H]4C(C)[C@@H]3CN4CCF)CC2)ccc1[N+](=O)[O-]. The molecule has 1 aromatic carbocycles. The molecule has 4 rings (SSSR count). The first-order valence-corrected chi connectivity index (χ1v) is 10.2. The summed E-state index contributed by atoms with van der Waals surface area (Å²) in [5.74, 6) is 0.923. The summed E-state index contributed by atoms with van der Waals surface area (Å²) in [7, 11) is 1.47. The lowest BCUT2D eigenvalue weighted by Crippen LogP contribution is -2.53. The van der Waals surface area contributed by atoms with E-state index in [1.807, 2.05) is 6.07 Å². The number of methoxy groups -OCH3 is 1. The second-order valence-corrected chi connectivity index (χ2v) is 8.21.